The van der Waals surface area contributed by atoms with Gasteiger partial charge < -0.3 is 9.47 Å². The van der Waals surface area contributed by atoms with Gasteiger partial charge >= 0.3 is 0 Å². The Labute approximate surface area is 92.9 Å². The Morgan fingerprint density at radius 3 is 3.00 bits per heavy atom. The monoisotopic (exact) mass is 297 g/mol. The van der Waals surface area contributed by atoms with Crippen molar-refractivity contribution >= 4 is 22.6 Å². The van der Waals surface area contributed by atoms with E-state index in [-0.39, 0.29) is 5.60 Å². The average Bonchev–Trinajstić information content (AvgIpc) is 2.54. The molecule has 2 heterocycles. The van der Waals surface area contributed by atoms with Gasteiger partial charge in [-0.1, -0.05) is 22.6 Å². The fraction of sp³-hybridized carbons (Fsp3) is 1.00. The number of morpholine rings is 1. The van der Waals surface area contributed by atoms with E-state index in [1.54, 1.807) is 0 Å². The zero-order valence-corrected chi connectivity index (χ0v) is 9.96. The third kappa shape index (κ3) is 2.34. The molecule has 2 aliphatic rings. The summed E-state index contributed by atoms with van der Waals surface area (Å²) in [4.78, 5) is 2.49. The van der Waals surface area contributed by atoms with Crippen molar-refractivity contribution in [2.24, 2.45) is 0 Å². The number of rotatable bonds is 2. The van der Waals surface area contributed by atoms with Crippen LogP contribution in [0.25, 0.3) is 0 Å². The highest BCUT2D eigenvalue weighted by Crippen LogP contribution is 2.27. The molecule has 0 radical (unpaired) electrons. The molecule has 0 amide bonds. The molecule has 1 spiro atoms. The van der Waals surface area contributed by atoms with Crippen molar-refractivity contribution in [3.63, 3.8) is 0 Å². The van der Waals surface area contributed by atoms with E-state index >= 15 is 0 Å². The standard InChI is InChI=1S/C9H16INO2/c10-2-3-11-4-6-13-9(7-11)1-5-12-8-9/h1-8H2. The Bertz CT molecular complexity index is 169. The molecule has 0 aliphatic carbocycles. The van der Waals surface area contributed by atoms with Crippen LogP contribution in [0.4, 0.5) is 0 Å². The maximum absolute atomic E-state index is 5.83. The molecule has 1 unspecified atom stereocenters. The Hall–Kier alpha value is 0.610. The lowest BCUT2D eigenvalue weighted by Crippen LogP contribution is -2.52. The highest BCUT2D eigenvalue weighted by atomic mass is 127. The summed E-state index contributed by atoms with van der Waals surface area (Å²) < 4.78 is 12.4. The molecular formula is C9H16INO2. The number of halogens is 1. The van der Waals surface area contributed by atoms with Gasteiger partial charge in [0.25, 0.3) is 0 Å². The van der Waals surface area contributed by atoms with Crippen LogP contribution in [0, 0.1) is 0 Å². The van der Waals surface area contributed by atoms with Crippen molar-refractivity contribution in [1.29, 1.82) is 0 Å². The minimum absolute atomic E-state index is 0.0457. The van der Waals surface area contributed by atoms with E-state index in [9.17, 15) is 0 Å². The summed E-state index contributed by atoms with van der Waals surface area (Å²) in [5, 5.41) is 0. The zero-order chi connectivity index (χ0) is 9.15. The lowest BCUT2D eigenvalue weighted by atomic mass is 10.0. The van der Waals surface area contributed by atoms with Crippen LogP contribution >= 0.6 is 22.6 Å². The number of alkyl halides is 1. The van der Waals surface area contributed by atoms with Gasteiger partial charge in [0.15, 0.2) is 0 Å². The molecule has 1 atom stereocenters. The third-order valence-electron chi connectivity index (χ3n) is 2.80. The molecule has 0 aromatic carbocycles. The molecule has 2 aliphatic heterocycles. The van der Waals surface area contributed by atoms with E-state index in [1.807, 2.05) is 0 Å². The van der Waals surface area contributed by atoms with Crippen molar-refractivity contribution in [2.75, 3.05) is 43.9 Å². The predicted molar refractivity (Wildman–Crippen MR) is 59.4 cm³/mol. The van der Waals surface area contributed by atoms with Gasteiger partial charge in [-0.15, -0.1) is 0 Å². The van der Waals surface area contributed by atoms with Crippen LogP contribution in [0.3, 0.4) is 0 Å². The van der Waals surface area contributed by atoms with Gasteiger partial charge in [-0.2, -0.15) is 0 Å². The second-order valence-corrected chi connectivity index (χ2v) is 4.88. The molecule has 3 nitrogen and oxygen atoms in total. The van der Waals surface area contributed by atoms with E-state index in [0.717, 1.165) is 39.3 Å². The van der Waals surface area contributed by atoms with Crippen LogP contribution in [0.2, 0.25) is 0 Å². The SMILES string of the molecule is ICCN1CCOC2(CCOC2)C1. The van der Waals surface area contributed by atoms with Gasteiger partial charge in [-0.3, -0.25) is 4.90 Å². The van der Waals surface area contributed by atoms with Crippen molar-refractivity contribution in [3.05, 3.63) is 0 Å². The fourth-order valence-electron chi connectivity index (χ4n) is 2.06. The van der Waals surface area contributed by atoms with Crippen LogP contribution in [-0.4, -0.2) is 54.4 Å². The summed E-state index contributed by atoms with van der Waals surface area (Å²) in [6.07, 6.45) is 1.07. The van der Waals surface area contributed by atoms with E-state index in [1.165, 1.54) is 11.0 Å². The summed E-state index contributed by atoms with van der Waals surface area (Å²) in [7, 11) is 0. The Morgan fingerprint density at radius 2 is 2.31 bits per heavy atom. The summed E-state index contributed by atoms with van der Waals surface area (Å²) >= 11 is 2.43. The van der Waals surface area contributed by atoms with E-state index in [4.69, 9.17) is 9.47 Å². The minimum atomic E-state index is 0.0457. The third-order valence-corrected chi connectivity index (χ3v) is 3.28. The highest BCUT2D eigenvalue weighted by Gasteiger charge is 2.39. The number of ether oxygens (including phenoxy) is 2. The van der Waals surface area contributed by atoms with E-state index < -0.39 is 0 Å². The average molecular weight is 297 g/mol. The first-order chi connectivity index (χ1) is 6.35. The summed E-state index contributed by atoms with van der Waals surface area (Å²) in [5.74, 6) is 0. The van der Waals surface area contributed by atoms with Gasteiger partial charge in [-0.25, -0.2) is 0 Å². The van der Waals surface area contributed by atoms with Gasteiger partial charge in [0.05, 0.1) is 13.2 Å². The van der Waals surface area contributed by atoms with Crippen LogP contribution in [0.5, 0.6) is 0 Å². The van der Waals surface area contributed by atoms with Crippen LogP contribution in [0.15, 0.2) is 0 Å². The van der Waals surface area contributed by atoms with Gasteiger partial charge in [0.2, 0.25) is 0 Å². The molecule has 76 valence electrons. The molecule has 2 rings (SSSR count). The Morgan fingerprint density at radius 1 is 1.38 bits per heavy atom. The second-order valence-electron chi connectivity index (χ2n) is 3.80. The summed E-state index contributed by atoms with van der Waals surface area (Å²) in [6, 6.07) is 0. The molecule has 0 aromatic heterocycles. The van der Waals surface area contributed by atoms with Gasteiger partial charge in [0.1, 0.15) is 5.60 Å². The van der Waals surface area contributed by atoms with Gasteiger partial charge in [-0.05, 0) is 0 Å². The van der Waals surface area contributed by atoms with E-state index in [2.05, 4.69) is 27.5 Å². The molecule has 0 bridgehead atoms. The molecular weight excluding hydrogens is 281 g/mol. The lowest BCUT2D eigenvalue weighted by molar-refractivity contribution is -0.107. The lowest BCUT2D eigenvalue weighted by Gasteiger charge is -2.39. The molecule has 0 aromatic rings. The van der Waals surface area contributed by atoms with Crippen LogP contribution in [0.1, 0.15) is 6.42 Å². The van der Waals surface area contributed by atoms with Gasteiger partial charge in [0, 0.05) is 37.1 Å². The number of nitrogens with zero attached hydrogens (tertiary/aromatic N) is 1. The first-order valence-corrected chi connectivity index (χ1v) is 6.37. The molecule has 4 heteroatoms. The maximum Gasteiger partial charge on any atom is 0.106 e. The molecule has 0 N–H and O–H groups in total. The maximum atomic E-state index is 5.83. The zero-order valence-electron chi connectivity index (χ0n) is 7.80. The normalized spacial score (nSPS) is 35.8. The first-order valence-electron chi connectivity index (χ1n) is 4.85. The number of hydrogen-bond acceptors (Lipinski definition) is 3. The summed E-state index contributed by atoms with van der Waals surface area (Å²) in [6.45, 7) is 5.88. The molecule has 13 heavy (non-hydrogen) atoms. The fourth-order valence-corrected chi connectivity index (χ4v) is 2.74. The Balaban J connectivity index is 1.90. The highest BCUT2D eigenvalue weighted by molar-refractivity contribution is 14.1. The summed E-state index contributed by atoms with van der Waals surface area (Å²) in [5.41, 5.74) is 0.0457. The quantitative estimate of drug-likeness (QED) is 0.559. The Kier molecular flexibility index (Phi) is 3.45. The number of hydrogen-bond donors (Lipinski definition) is 0. The van der Waals surface area contributed by atoms with Crippen LogP contribution < -0.4 is 0 Å². The van der Waals surface area contributed by atoms with Crippen LogP contribution in [-0.2, 0) is 9.47 Å². The largest absolute Gasteiger partial charge is 0.378 e. The second kappa shape index (κ2) is 4.42. The van der Waals surface area contributed by atoms with Crippen molar-refractivity contribution < 1.29 is 9.47 Å². The van der Waals surface area contributed by atoms with Crippen molar-refractivity contribution in [2.45, 2.75) is 12.0 Å². The van der Waals surface area contributed by atoms with Crippen molar-refractivity contribution in [3.8, 4) is 0 Å². The van der Waals surface area contributed by atoms with Crippen molar-refractivity contribution in [1.82, 2.24) is 4.90 Å². The smallest absolute Gasteiger partial charge is 0.106 e. The van der Waals surface area contributed by atoms with E-state index in [0.29, 0.717) is 0 Å². The molecule has 0 saturated carbocycles. The molecule has 2 saturated heterocycles. The first kappa shape index (κ1) is 10.1. The minimum Gasteiger partial charge on any atom is -0.378 e. The predicted octanol–water partition coefficient (Wildman–Crippen LogP) is 0.913. The topological polar surface area (TPSA) is 21.7 Å². The molecule has 2 fully saturated rings.